The fraction of sp³-hybridized carbons (Fsp3) is 0.933. The van der Waals surface area contributed by atoms with Gasteiger partial charge in [-0.25, -0.2) is 0 Å². The average Bonchev–Trinajstić information content (AvgIpc) is 2.42. The largest absolute Gasteiger partial charge is 0.339 e. The summed E-state index contributed by atoms with van der Waals surface area (Å²) in [5.74, 6) is 0.334. The summed E-state index contributed by atoms with van der Waals surface area (Å²) in [6.45, 7) is 8.10. The molecule has 1 amide bonds. The monoisotopic (exact) mass is 267 g/mol. The van der Waals surface area contributed by atoms with Gasteiger partial charge in [0.15, 0.2) is 0 Å². The lowest BCUT2D eigenvalue weighted by Crippen LogP contribution is -2.53. The maximum absolute atomic E-state index is 12.4. The number of carbonyl (C=O) groups is 1. The van der Waals surface area contributed by atoms with Gasteiger partial charge in [-0.15, -0.1) is 0 Å². The summed E-state index contributed by atoms with van der Waals surface area (Å²) in [4.78, 5) is 16.8. The summed E-state index contributed by atoms with van der Waals surface area (Å²) in [6.07, 6.45) is 5.88. The number of nitrogens with zero attached hydrogens (tertiary/aromatic N) is 2. The van der Waals surface area contributed by atoms with Crippen molar-refractivity contribution in [2.24, 2.45) is 0 Å². The van der Waals surface area contributed by atoms with E-state index >= 15 is 0 Å². The average molecular weight is 267 g/mol. The van der Waals surface area contributed by atoms with Gasteiger partial charge in [-0.3, -0.25) is 9.69 Å². The van der Waals surface area contributed by atoms with Crippen LogP contribution in [0.3, 0.4) is 0 Å². The van der Waals surface area contributed by atoms with E-state index in [1.807, 2.05) is 7.05 Å². The van der Waals surface area contributed by atoms with E-state index in [2.05, 4.69) is 29.0 Å². The van der Waals surface area contributed by atoms with Crippen LogP contribution in [-0.4, -0.2) is 60.5 Å². The van der Waals surface area contributed by atoms with E-state index in [1.165, 1.54) is 19.3 Å². The van der Waals surface area contributed by atoms with E-state index in [-0.39, 0.29) is 5.54 Å². The molecule has 1 N–H and O–H groups in total. The van der Waals surface area contributed by atoms with Crippen molar-refractivity contribution >= 4 is 5.91 Å². The van der Waals surface area contributed by atoms with Gasteiger partial charge >= 0.3 is 0 Å². The molecule has 0 spiro atoms. The van der Waals surface area contributed by atoms with Crippen LogP contribution in [0.2, 0.25) is 0 Å². The molecule has 2 aliphatic heterocycles. The van der Waals surface area contributed by atoms with E-state index in [4.69, 9.17) is 0 Å². The highest BCUT2D eigenvalue weighted by molar-refractivity contribution is 5.78. The molecule has 19 heavy (non-hydrogen) atoms. The number of likely N-dealkylation sites (tertiary alicyclic amines) is 2. The molecule has 2 fully saturated rings. The third-order valence-corrected chi connectivity index (χ3v) is 5.05. The first-order chi connectivity index (χ1) is 9.04. The lowest BCUT2D eigenvalue weighted by Gasteiger charge is -2.40. The Morgan fingerprint density at radius 2 is 1.95 bits per heavy atom. The minimum atomic E-state index is 0.262. The second-order valence-corrected chi connectivity index (χ2v) is 6.52. The summed E-state index contributed by atoms with van der Waals surface area (Å²) in [7, 11) is 2.04. The molecule has 0 aromatic rings. The van der Waals surface area contributed by atoms with Gasteiger partial charge < -0.3 is 10.2 Å². The predicted octanol–water partition coefficient (Wildman–Crippen LogP) is 1.46. The first-order valence-corrected chi connectivity index (χ1v) is 7.75. The van der Waals surface area contributed by atoms with E-state index < -0.39 is 0 Å². The number of carbonyl (C=O) groups excluding carboxylic acids is 1. The van der Waals surface area contributed by atoms with Crippen molar-refractivity contribution < 1.29 is 4.79 Å². The predicted molar refractivity (Wildman–Crippen MR) is 78.2 cm³/mol. The summed E-state index contributed by atoms with van der Waals surface area (Å²) in [5, 5.41) is 3.40. The Morgan fingerprint density at radius 1 is 1.26 bits per heavy atom. The standard InChI is InChI=1S/C15H29N3O/c1-13-6-4-5-9-18(13)14(19)12-17-10-7-15(2,16-3)8-11-17/h13,16H,4-12H2,1-3H3. The molecule has 0 aromatic carbocycles. The SMILES string of the molecule is CNC1(C)CCN(CC(=O)N2CCCCC2C)CC1. The van der Waals surface area contributed by atoms with Crippen LogP contribution in [0.4, 0.5) is 0 Å². The summed E-state index contributed by atoms with van der Waals surface area (Å²) in [6, 6.07) is 0.439. The molecule has 0 aliphatic carbocycles. The number of hydrogen-bond acceptors (Lipinski definition) is 3. The van der Waals surface area contributed by atoms with Crippen molar-refractivity contribution in [3.8, 4) is 0 Å². The third-order valence-electron chi connectivity index (χ3n) is 5.05. The normalized spacial score (nSPS) is 28.4. The molecule has 4 nitrogen and oxygen atoms in total. The molecular weight excluding hydrogens is 238 g/mol. The molecule has 1 unspecified atom stereocenters. The van der Waals surface area contributed by atoms with E-state index in [0.29, 0.717) is 18.5 Å². The van der Waals surface area contributed by atoms with Crippen LogP contribution in [0.25, 0.3) is 0 Å². The Balaban J connectivity index is 1.80. The minimum absolute atomic E-state index is 0.262. The first-order valence-electron chi connectivity index (χ1n) is 7.75. The second kappa shape index (κ2) is 6.23. The fourth-order valence-corrected chi connectivity index (χ4v) is 3.21. The van der Waals surface area contributed by atoms with Gasteiger partial charge in [-0.1, -0.05) is 0 Å². The van der Waals surface area contributed by atoms with Crippen molar-refractivity contribution in [2.75, 3.05) is 33.2 Å². The first kappa shape index (κ1) is 14.8. The Bertz CT molecular complexity index is 311. The van der Waals surface area contributed by atoms with Crippen LogP contribution < -0.4 is 5.32 Å². The molecule has 2 saturated heterocycles. The fourth-order valence-electron chi connectivity index (χ4n) is 3.21. The Morgan fingerprint density at radius 3 is 2.53 bits per heavy atom. The van der Waals surface area contributed by atoms with Crippen molar-refractivity contribution in [3.05, 3.63) is 0 Å². The van der Waals surface area contributed by atoms with Crippen molar-refractivity contribution in [3.63, 3.8) is 0 Å². The Labute approximate surface area is 117 Å². The molecule has 2 heterocycles. The van der Waals surface area contributed by atoms with E-state index in [1.54, 1.807) is 0 Å². The molecule has 110 valence electrons. The molecule has 0 saturated carbocycles. The van der Waals surface area contributed by atoms with Gasteiger partial charge in [-0.2, -0.15) is 0 Å². The van der Waals surface area contributed by atoms with Crippen LogP contribution in [0.15, 0.2) is 0 Å². The Hall–Kier alpha value is -0.610. The Kier molecular flexibility index (Phi) is 4.85. The molecule has 0 radical (unpaired) electrons. The third kappa shape index (κ3) is 3.69. The summed E-state index contributed by atoms with van der Waals surface area (Å²) in [5.41, 5.74) is 0.262. The minimum Gasteiger partial charge on any atom is -0.339 e. The van der Waals surface area contributed by atoms with Crippen molar-refractivity contribution in [1.29, 1.82) is 0 Å². The van der Waals surface area contributed by atoms with Gasteiger partial charge in [0.25, 0.3) is 0 Å². The molecule has 4 heteroatoms. The van der Waals surface area contributed by atoms with E-state index in [0.717, 1.165) is 32.5 Å². The maximum atomic E-state index is 12.4. The molecule has 1 atom stereocenters. The molecule has 2 aliphatic rings. The second-order valence-electron chi connectivity index (χ2n) is 6.52. The zero-order valence-corrected chi connectivity index (χ0v) is 12.7. The van der Waals surface area contributed by atoms with Crippen LogP contribution in [0, 0.1) is 0 Å². The van der Waals surface area contributed by atoms with Crippen LogP contribution in [-0.2, 0) is 4.79 Å². The summed E-state index contributed by atoms with van der Waals surface area (Å²) >= 11 is 0. The molecule has 0 bridgehead atoms. The number of hydrogen-bond donors (Lipinski definition) is 1. The quantitative estimate of drug-likeness (QED) is 0.841. The smallest absolute Gasteiger partial charge is 0.236 e. The number of piperidine rings is 2. The molecule has 0 aromatic heterocycles. The number of rotatable bonds is 3. The number of nitrogens with one attached hydrogen (secondary N) is 1. The lowest BCUT2D eigenvalue weighted by atomic mass is 9.90. The van der Waals surface area contributed by atoms with Crippen LogP contribution in [0.1, 0.15) is 46.0 Å². The highest BCUT2D eigenvalue weighted by atomic mass is 16.2. The van der Waals surface area contributed by atoms with Gasteiger partial charge in [-0.05, 0) is 53.0 Å². The van der Waals surface area contributed by atoms with E-state index in [9.17, 15) is 4.79 Å². The highest BCUT2D eigenvalue weighted by Gasteiger charge is 2.30. The summed E-state index contributed by atoms with van der Waals surface area (Å²) < 4.78 is 0. The van der Waals surface area contributed by atoms with Gasteiger partial charge in [0.05, 0.1) is 6.54 Å². The zero-order valence-electron chi connectivity index (χ0n) is 12.7. The number of amides is 1. The lowest BCUT2D eigenvalue weighted by molar-refractivity contribution is -0.136. The maximum Gasteiger partial charge on any atom is 0.236 e. The topological polar surface area (TPSA) is 35.6 Å². The van der Waals surface area contributed by atoms with Gasteiger partial charge in [0.2, 0.25) is 5.91 Å². The van der Waals surface area contributed by atoms with Crippen molar-refractivity contribution in [2.45, 2.75) is 57.5 Å². The molecular formula is C15H29N3O. The van der Waals surface area contributed by atoms with Crippen LogP contribution >= 0.6 is 0 Å². The zero-order chi connectivity index (χ0) is 13.9. The van der Waals surface area contributed by atoms with Gasteiger partial charge in [0.1, 0.15) is 0 Å². The van der Waals surface area contributed by atoms with Crippen LogP contribution in [0.5, 0.6) is 0 Å². The molecule has 2 rings (SSSR count). The highest BCUT2D eigenvalue weighted by Crippen LogP contribution is 2.22. The van der Waals surface area contributed by atoms with Gasteiger partial charge in [0, 0.05) is 31.2 Å². The van der Waals surface area contributed by atoms with Crippen molar-refractivity contribution in [1.82, 2.24) is 15.1 Å².